The van der Waals surface area contributed by atoms with E-state index in [0.717, 1.165) is 11.4 Å². The molecule has 112 valence electrons. The van der Waals surface area contributed by atoms with E-state index in [1.807, 2.05) is 37.6 Å². The van der Waals surface area contributed by atoms with E-state index in [2.05, 4.69) is 20.3 Å². The highest BCUT2D eigenvalue weighted by molar-refractivity contribution is 7.99. The summed E-state index contributed by atoms with van der Waals surface area (Å²) in [6.07, 6.45) is 5.34. The summed E-state index contributed by atoms with van der Waals surface area (Å²) < 4.78 is 1.94. The van der Waals surface area contributed by atoms with Gasteiger partial charge in [-0.3, -0.25) is 4.79 Å². The lowest BCUT2D eigenvalue weighted by atomic mass is 10.3. The molecule has 1 atom stereocenters. The molecule has 0 aliphatic rings. The summed E-state index contributed by atoms with van der Waals surface area (Å²) in [4.78, 5) is 24.5. The van der Waals surface area contributed by atoms with Crippen LogP contribution in [0.25, 0.3) is 0 Å². The first kappa shape index (κ1) is 15.5. The van der Waals surface area contributed by atoms with E-state index in [1.54, 1.807) is 12.5 Å². The van der Waals surface area contributed by atoms with Gasteiger partial charge >= 0.3 is 0 Å². The van der Waals surface area contributed by atoms with Crippen LogP contribution in [0.1, 0.15) is 18.3 Å². The third kappa shape index (κ3) is 5.18. The summed E-state index contributed by atoms with van der Waals surface area (Å²) in [5.41, 5.74) is 1.83. The second-order valence-corrected chi connectivity index (χ2v) is 5.89. The molecule has 1 N–H and O–H groups in total. The van der Waals surface area contributed by atoms with Gasteiger partial charge in [0.1, 0.15) is 0 Å². The van der Waals surface area contributed by atoms with Crippen LogP contribution in [0, 0.1) is 13.8 Å². The lowest BCUT2D eigenvalue weighted by Gasteiger charge is -2.14. The minimum Gasteiger partial charge on any atom is -0.351 e. The molecule has 0 fully saturated rings. The molecule has 6 nitrogen and oxygen atoms in total. The van der Waals surface area contributed by atoms with Crippen molar-refractivity contribution in [3.05, 3.63) is 36.2 Å². The van der Waals surface area contributed by atoms with Crippen LogP contribution in [-0.4, -0.2) is 37.2 Å². The van der Waals surface area contributed by atoms with E-state index in [0.29, 0.717) is 17.5 Å². The van der Waals surface area contributed by atoms with E-state index in [-0.39, 0.29) is 11.9 Å². The van der Waals surface area contributed by atoms with Crippen LogP contribution >= 0.6 is 11.8 Å². The SMILES string of the molecule is Cc1cc(C)nc(SCC(=O)N[C@@H](C)Cn2ccnc2)n1. The summed E-state index contributed by atoms with van der Waals surface area (Å²) in [7, 11) is 0. The maximum atomic E-state index is 11.9. The molecule has 0 spiro atoms. The highest BCUT2D eigenvalue weighted by atomic mass is 32.2. The molecular weight excluding hydrogens is 286 g/mol. The number of nitrogens with zero attached hydrogens (tertiary/aromatic N) is 4. The molecule has 2 rings (SSSR count). The Morgan fingerprint density at radius 2 is 2.10 bits per heavy atom. The fourth-order valence-corrected chi connectivity index (χ4v) is 2.72. The van der Waals surface area contributed by atoms with Crippen LogP contribution in [0.3, 0.4) is 0 Å². The Morgan fingerprint density at radius 1 is 1.38 bits per heavy atom. The van der Waals surface area contributed by atoms with Crippen LogP contribution in [0.4, 0.5) is 0 Å². The summed E-state index contributed by atoms with van der Waals surface area (Å²) in [5.74, 6) is 0.298. The number of carbonyl (C=O) groups excluding carboxylic acids is 1. The Balaban J connectivity index is 1.79. The monoisotopic (exact) mass is 305 g/mol. The molecule has 7 heteroatoms. The fourth-order valence-electron chi connectivity index (χ4n) is 1.96. The standard InChI is InChI=1S/C14H19N5OS/c1-10-6-11(2)18-14(17-10)21-8-13(20)16-12(3)7-19-5-4-15-9-19/h4-6,9,12H,7-8H2,1-3H3,(H,16,20)/t12-/m0/s1. The largest absolute Gasteiger partial charge is 0.351 e. The van der Waals surface area contributed by atoms with Gasteiger partial charge in [-0.25, -0.2) is 15.0 Å². The highest BCUT2D eigenvalue weighted by Crippen LogP contribution is 2.13. The van der Waals surface area contributed by atoms with Gasteiger partial charge in [0.25, 0.3) is 0 Å². The van der Waals surface area contributed by atoms with Crippen molar-refractivity contribution in [2.24, 2.45) is 0 Å². The van der Waals surface area contributed by atoms with Gasteiger partial charge in [0.05, 0.1) is 12.1 Å². The van der Waals surface area contributed by atoms with Crippen molar-refractivity contribution in [3.8, 4) is 0 Å². The first-order valence-electron chi connectivity index (χ1n) is 6.73. The number of nitrogens with one attached hydrogen (secondary N) is 1. The third-order valence-electron chi connectivity index (χ3n) is 2.75. The minimum absolute atomic E-state index is 0.0182. The number of thioether (sulfide) groups is 1. The third-order valence-corrected chi connectivity index (χ3v) is 3.59. The van der Waals surface area contributed by atoms with E-state index in [4.69, 9.17) is 0 Å². The summed E-state index contributed by atoms with van der Waals surface area (Å²) in [6.45, 7) is 6.52. The molecule has 2 heterocycles. The molecule has 2 aromatic heterocycles. The molecule has 0 aliphatic carbocycles. The average Bonchev–Trinajstić information content (AvgIpc) is 2.88. The molecule has 0 aliphatic heterocycles. The molecule has 0 radical (unpaired) electrons. The van der Waals surface area contributed by atoms with Crippen LogP contribution in [0.5, 0.6) is 0 Å². The zero-order valence-corrected chi connectivity index (χ0v) is 13.2. The zero-order valence-electron chi connectivity index (χ0n) is 12.4. The first-order valence-corrected chi connectivity index (χ1v) is 7.71. The van der Waals surface area contributed by atoms with Gasteiger partial charge < -0.3 is 9.88 Å². The molecule has 0 saturated heterocycles. The normalized spacial score (nSPS) is 12.1. The quantitative estimate of drug-likeness (QED) is 0.648. The maximum absolute atomic E-state index is 11.9. The topological polar surface area (TPSA) is 72.7 Å². The van der Waals surface area contributed by atoms with Crippen molar-refractivity contribution in [1.29, 1.82) is 0 Å². The predicted octanol–water partition coefficient (Wildman–Crippen LogP) is 1.59. The van der Waals surface area contributed by atoms with Gasteiger partial charge in [-0.1, -0.05) is 11.8 Å². The molecule has 2 aromatic rings. The number of imidazole rings is 1. The van der Waals surface area contributed by atoms with Crippen molar-refractivity contribution < 1.29 is 4.79 Å². The number of rotatable bonds is 6. The number of aromatic nitrogens is 4. The maximum Gasteiger partial charge on any atom is 0.230 e. The number of hydrogen-bond acceptors (Lipinski definition) is 5. The molecule has 21 heavy (non-hydrogen) atoms. The Bertz CT molecular complexity index is 579. The molecule has 0 aromatic carbocycles. The Labute approximate surface area is 128 Å². The smallest absolute Gasteiger partial charge is 0.230 e. The van der Waals surface area contributed by atoms with Crippen molar-refractivity contribution in [2.75, 3.05) is 5.75 Å². The van der Waals surface area contributed by atoms with Crippen LogP contribution in [-0.2, 0) is 11.3 Å². The Morgan fingerprint density at radius 3 is 2.71 bits per heavy atom. The molecule has 1 amide bonds. The molecular formula is C14H19N5OS. The molecule has 0 saturated carbocycles. The van der Waals surface area contributed by atoms with Crippen molar-refractivity contribution in [3.63, 3.8) is 0 Å². The first-order chi connectivity index (χ1) is 10.0. The van der Waals surface area contributed by atoms with E-state index < -0.39 is 0 Å². The van der Waals surface area contributed by atoms with Crippen LogP contribution in [0.2, 0.25) is 0 Å². The minimum atomic E-state index is -0.0182. The number of aryl methyl sites for hydroxylation is 2. The average molecular weight is 305 g/mol. The molecule has 0 unspecified atom stereocenters. The second-order valence-electron chi connectivity index (χ2n) is 4.95. The van der Waals surface area contributed by atoms with E-state index >= 15 is 0 Å². The van der Waals surface area contributed by atoms with Crippen molar-refractivity contribution in [1.82, 2.24) is 24.8 Å². The lowest BCUT2D eigenvalue weighted by molar-refractivity contribution is -0.119. The summed E-state index contributed by atoms with van der Waals surface area (Å²) in [5, 5.41) is 3.60. The van der Waals surface area contributed by atoms with Gasteiger partial charge in [-0.15, -0.1) is 0 Å². The van der Waals surface area contributed by atoms with Gasteiger partial charge in [-0.05, 0) is 26.8 Å². The second kappa shape index (κ2) is 7.21. The highest BCUT2D eigenvalue weighted by Gasteiger charge is 2.10. The van der Waals surface area contributed by atoms with Gasteiger partial charge in [0.15, 0.2) is 5.16 Å². The van der Waals surface area contributed by atoms with Crippen molar-refractivity contribution >= 4 is 17.7 Å². The van der Waals surface area contributed by atoms with Crippen molar-refractivity contribution in [2.45, 2.75) is 38.5 Å². The summed E-state index contributed by atoms with van der Waals surface area (Å²) in [6, 6.07) is 1.96. The number of carbonyl (C=O) groups is 1. The predicted molar refractivity (Wildman–Crippen MR) is 82.1 cm³/mol. The lowest BCUT2D eigenvalue weighted by Crippen LogP contribution is -2.36. The van der Waals surface area contributed by atoms with Gasteiger partial charge in [-0.2, -0.15) is 0 Å². The number of amides is 1. The Hall–Kier alpha value is -1.89. The van der Waals surface area contributed by atoms with E-state index in [9.17, 15) is 4.79 Å². The Kier molecular flexibility index (Phi) is 5.32. The number of hydrogen-bond donors (Lipinski definition) is 1. The van der Waals surface area contributed by atoms with Crippen LogP contribution in [0.15, 0.2) is 29.9 Å². The van der Waals surface area contributed by atoms with Gasteiger partial charge in [0.2, 0.25) is 5.91 Å². The van der Waals surface area contributed by atoms with E-state index in [1.165, 1.54) is 11.8 Å². The van der Waals surface area contributed by atoms with Gasteiger partial charge in [0, 0.05) is 36.4 Å². The van der Waals surface area contributed by atoms with Crippen LogP contribution < -0.4 is 5.32 Å². The zero-order chi connectivity index (χ0) is 15.2. The summed E-state index contributed by atoms with van der Waals surface area (Å²) >= 11 is 1.35. The fraction of sp³-hybridized carbons (Fsp3) is 0.429. The molecule has 0 bridgehead atoms.